The zero-order valence-corrected chi connectivity index (χ0v) is 33.6. The number of imidazole rings is 1. The number of amides is 2. The Morgan fingerprint density at radius 1 is 0.839 bits per heavy atom. The Kier molecular flexibility index (Phi) is 8.51. The third-order valence-corrected chi connectivity index (χ3v) is 13.3. The van der Waals surface area contributed by atoms with Gasteiger partial charge in [-0.2, -0.15) is 15.1 Å². The highest BCUT2D eigenvalue weighted by molar-refractivity contribution is 5.96. The van der Waals surface area contributed by atoms with Crippen molar-refractivity contribution in [2.45, 2.75) is 69.0 Å². The molecule has 6 saturated heterocycles. The lowest BCUT2D eigenvalue weighted by atomic mass is 9.86. The molecule has 0 spiro atoms. The molecule has 2 amide bonds. The number of hydrogen-bond donors (Lipinski definition) is 1. The number of anilines is 3. The molecule has 19 heteroatoms. The van der Waals surface area contributed by atoms with Crippen molar-refractivity contribution in [2.75, 3.05) is 61.1 Å². The lowest BCUT2D eigenvalue weighted by molar-refractivity contribution is -0.155. The molecule has 5 atom stereocenters. The highest BCUT2D eigenvalue weighted by Crippen LogP contribution is 2.41. The molecule has 318 valence electrons. The molecule has 62 heavy (non-hydrogen) atoms. The minimum Gasteiger partial charge on any atom is -0.377 e. The van der Waals surface area contributed by atoms with E-state index in [1.54, 1.807) is 0 Å². The number of carbonyl (C=O) groups excluding carboxylic acids is 2. The van der Waals surface area contributed by atoms with Gasteiger partial charge in [-0.1, -0.05) is 6.07 Å². The first kappa shape index (κ1) is 37.4. The molecule has 13 rings (SSSR count). The molecule has 0 unspecified atom stereocenters. The van der Waals surface area contributed by atoms with Crippen LogP contribution in [0.25, 0.3) is 39.0 Å². The largest absolute Gasteiger partial charge is 0.377 e. The predicted octanol–water partition coefficient (Wildman–Crippen LogP) is 3.83. The van der Waals surface area contributed by atoms with E-state index in [1.807, 2.05) is 49.3 Å². The van der Waals surface area contributed by atoms with Gasteiger partial charge in [0.1, 0.15) is 46.9 Å². The SMILES string of the molecule is Cc1nc2cc(F)cc3c2n1C[C@H]1CN(CCCO1)C(=O)[C@@H]1C[C@@H](CN1c1nc(N2[C@@H]4C[C@H]2C(=O)N(C2COC2)C4)nc2c1cnn2-c1ccc(F)cc1F)Nc1cccc-3n1. The lowest BCUT2D eigenvalue weighted by Crippen LogP contribution is -2.75. The van der Waals surface area contributed by atoms with Crippen LogP contribution in [0.2, 0.25) is 0 Å². The van der Waals surface area contributed by atoms with Crippen molar-refractivity contribution >= 4 is 51.5 Å². The van der Waals surface area contributed by atoms with Gasteiger partial charge in [0, 0.05) is 56.5 Å². The normalized spacial score (nSPS) is 25.1. The van der Waals surface area contributed by atoms with Gasteiger partial charge < -0.3 is 39.0 Å². The number of nitrogens with zero attached hydrogens (tertiary/aromatic N) is 11. The fourth-order valence-electron chi connectivity index (χ4n) is 10.2. The van der Waals surface area contributed by atoms with Crippen molar-refractivity contribution in [2.24, 2.45) is 0 Å². The van der Waals surface area contributed by atoms with Gasteiger partial charge >= 0.3 is 0 Å². The lowest BCUT2D eigenvalue weighted by Gasteiger charge is -2.57. The van der Waals surface area contributed by atoms with Crippen LogP contribution in [0.4, 0.5) is 30.8 Å². The molecule has 0 saturated carbocycles. The summed E-state index contributed by atoms with van der Waals surface area (Å²) in [5.41, 5.74) is 2.63. The van der Waals surface area contributed by atoms with Crippen molar-refractivity contribution in [3.8, 4) is 16.9 Å². The molecule has 0 radical (unpaired) electrons. The molecule has 0 aliphatic carbocycles. The Bertz CT molecular complexity index is 2830. The second-order valence-electron chi connectivity index (χ2n) is 17.1. The Morgan fingerprint density at radius 3 is 2.55 bits per heavy atom. The maximum atomic E-state index is 15.5. The molecule has 1 N–H and O–H groups in total. The number of piperidine rings is 1. The van der Waals surface area contributed by atoms with Crippen LogP contribution < -0.4 is 15.1 Å². The van der Waals surface area contributed by atoms with Crippen LogP contribution in [0, 0.1) is 24.4 Å². The van der Waals surface area contributed by atoms with E-state index in [-0.39, 0.29) is 47.2 Å². The Balaban J connectivity index is 0.988. The second kappa shape index (κ2) is 14.1. The Labute approximate surface area is 352 Å². The molecule has 4 aromatic heterocycles. The summed E-state index contributed by atoms with van der Waals surface area (Å²) in [6, 6.07) is 10.1. The van der Waals surface area contributed by atoms with Crippen molar-refractivity contribution in [3.05, 3.63) is 78.0 Å². The third kappa shape index (κ3) is 5.91. The van der Waals surface area contributed by atoms with Gasteiger partial charge in [-0.25, -0.2) is 27.8 Å². The topological polar surface area (TPSA) is 152 Å². The van der Waals surface area contributed by atoms with Crippen molar-refractivity contribution < 1.29 is 32.2 Å². The summed E-state index contributed by atoms with van der Waals surface area (Å²) in [6.07, 6.45) is 2.76. The summed E-state index contributed by atoms with van der Waals surface area (Å²) < 4.78 is 60.1. The van der Waals surface area contributed by atoms with Crippen LogP contribution >= 0.6 is 0 Å². The third-order valence-electron chi connectivity index (χ3n) is 13.3. The number of nitrogens with one attached hydrogen (secondary N) is 1. The summed E-state index contributed by atoms with van der Waals surface area (Å²) in [6.45, 7) is 5.25. The quantitative estimate of drug-likeness (QED) is 0.275. The van der Waals surface area contributed by atoms with E-state index in [4.69, 9.17) is 29.4 Å². The number of ether oxygens (including phenoxy) is 2. The fraction of sp³-hybridized carbons (Fsp3) is 0.419. The van der Waals surface area contributed by atoms with Crippen LogP contribution in [-0.2, 0) is 25.6 Å². The summed E-state index contributed by atoms with van der Waals surface area (Å²) in [4.78, 5) is 56.5. The van der Waals surface area contributed by atoms with Gasteiger partial charge in [0.05, 0.1) is 66.3 Å². The van der Waals surface area contributed by atoms with Gasteiger partial charge in [0.25, 0.3) is 0 Å². The maximum Gasteiger partial charge on any atom is 0.245 e. The predicted molar refractivity (Wildman–Crippen MR) is 219 cm³/mol. The Hall–Kier alpha value is -6.34. The van der Waals surface area contributed by atoms with Gasteiger partial charge in [-0.3, -0.25) is 9.59 Å². The number of aryl methyl sites for hydroxylation is 1. The van der Waals surface area contributed by atoms with Gasteiger partial charge in [0.2, 0.25) is 17.8 Å². The van der Waals surface area contributed by atoms with Crippen molar-refractivity contribution in [3.63, 3.8) is 0 Å². The molecular weight excluding hydrogens is 806 g/mol. The standard InChI is InChI=1S/C43H41F3N12O4/c1-22-48-33-12-24(45)10-29-32-4-2-5-37(50-32)49-25-13-35(41(59)53-8-3-9-62-28(18-53)19-54(22)38(29)33)56(16-25)39-30-15-47-58(34-7-6-23(44)11-31(34)46)40(30)52-43(51-39)57-26-14-36(57)42(60)55(17-26)27-20-61-21-27/h2,4-7,10-12,15,25-28,35-36H,3,8-9,13-14,16-21H2,1H3,(H,49,50)/t25-,26+,28+,35-,36-/m0/s1. The van der Waals surface area contributed by atoms with Crippen LogP contribution in [-0.4, -0.2) is 138 Å². The number of piperazine rings is 1. The van der Waals surface area contributed by atoms with E-state index >= 15 is 13.6 Å². The summed E-state index contributed by atoms with van der Waals surface area (Å²) >= 11 is 0. The average molecular weight is 847 g/mol. The van der Waals surface area contributed by atoms with Crippen LogP contribution in [0.3, 0.4) is 0 Å². The molecular formula is C43H41F3N12O4. The van der Waals surface area contributed by atoms with E-state index in [0.29, 0.717) is 111 Å². The number of hydrogen-bond acceptors (Lipinski definition) is 12. The number of rotatable bonds is 4. The molecule has 2 aromatic carbocycles. The number of benzene rings is 2. The van der Waals surface area contributed by atoms with Crippen LogP contribution in [0.5, 0.6) is 0 Å². The van der Waals surface area contributed by atoms with E-state index in [2.05, 4.69) is 10.4 Å². The molecule has 16 nitrogen and oxygen atoms in total. The summed E-state index contributed by atoms with van der Waals surface area (Å²) in [5, 5.41) is 8.59. The minimum atomic E-state index is -0.831. The number of pyridine rings is 1. The highest BCUT2D eigenvalue weighted by atomic mass is 19.1. The number of aromatic nitrogens is 7. The monoisotopic (exact) mass is 846 g/mol. The zero-order valence-electron chi connectivity index (χ0n) is 33.6. The van der Waals surface area contributed by atoms with E-state index < -0.39 is 35.6 Å². The van der Waals surface area contributed by atoms with Gasteiger partial charge in [-0.05, 0) is 56.5 Å². The van der Waals surface area contributed by atoms with Gasteiger partial charge in [0.15, 0.2) is 11.5 Å². The highest BCUT2D eigenvalue weighted by Gasteiger charge is 2.54. The molecule has 8 bridgehead atoms. The zero-order chi connectivity index (χ0) is 42.0. The number of carbonyl (C=O) groups is 2. The van der Waals surface area contributed by atoms with E-state index in [1.165, 1.54) is 29.1 Å². The Morgan fingerprint density at radius 2 is 1.73 bits per heavy atom. The first-order valence-electron chi connectivity index (χ1n) is 21.1. The molecule has 7 aliphatic heterocycles. The summed E-state index contributed by atoms with van der Waals surface area (Å²) in [5.74, 6) is -0.259. The molecule has 11 heterocycles. The number of halogens is 3. The minimum absolute atomic E-state index is 0.0171. The van der Waals surface area contributed by atoms with Crippen molar-refractivity contribution in [1.29, 1.82) is 0 Å². The fourth-order valence-corrected chi connectivity index (χ4v) is 10.2. The maximum absolute atomic E-state index is 15.5. The molecule has 7 aliphatic rings. The van der Waals surface area contributed by atoms with Crippen LogP contribution in [0.1, 0.15) is 25.1 Å². The summed E-state index contributed by atoms with van der Waals surface area (Å²) in [7, 11) is 0. The van der Waals surface area contributed by atoms with Gasteiger partial charge in [-0.15, -0.1) is 0 Å². The molecule has 6 fully saturated rings. The van der Waals surface area contributed by atoms with Crippen LogP contribution in [0.15, 0.2) is 54.7 Å². The smallest absolute Gasteiger partial charge is 0.245 e. The first-order valence-corrected chi connectivity index (χ1v) is 21.1. The number of fused-ring (bicyclic) bond motifs is 10. The average Bonchev–Trinajstić information content (AvgIpc) is 3.86. The second-order valence-corrected chi connectivity index (χ2v) is 17.1. The molecule has 6 aromatic rings. The van der Waals surface area contributed by atoms with Crippen molar-refractivity contribution in [1.82, 2.24) is 44.1 Å². The van der Waals surface area contributed by atoms with E-state index in [0.717, 1.165) is 17.6 Å². The first-order chi connectivity index (χ1) is 30.1. The van der Waals surface area contributed by atoms with E-state index in [9.17, 15) is 9.18 Å².